The monoisotopic (exact) mass is 130 g/mol. The Morgan fingerprint density at radius 2 is 2.44 bits per heavy atom. The molecule has 0 fully saturated rings. The van der Waals surface area contributed by atoms with E-state index in [2.05, 4.69) is 6.58 Å². The molecule has 0 rings (SSSR count). The summed E-state index contributed by atoms with van der Waals surface area (Å²) in [4.78, 5) is 0. The summed E-state index contributed by atoms with van der Waals surface area (Å²) in [7, 11) is 0. The molecule has 0 heterocycles. The van der Waals surface area contributed by atoms with E-state index in [0.717, 1.165) is 0 Å². The minimum absolute atomic E-state index is 0.146. The zero-order valence-corrected chi connectivity index (χ0v) is 5.84. The fraction of sp³-hybridized carbons (Fsp3) is 0.714. The average molecular weight is 130 g/mol. The van der Waals surface area contributed by atoms with Crippen LogP contribution in [-0.2, 0) is 4.74 Å². The van der Waals surface area contributed by atoms with Crippen LogP contribution in [0.2, 0.25) is 0 Å². The minimum atomic E-state index is 0.146. The smallest absolute Gasteiger partial charge is 0.0648 e. The van der Waals surface area contributed by atoms with Gasteiger partial charge in [0.25, 0.3) is 0 Å². The highest BCUT2D eigenvalue weighted by atomic mass is 16.5. The van der Waals surface area contributed by atoms with Crippen LogP contribution in [-0.4, -0.2) is 24.4 Å². The van der Waals surface area contributed by atoms with Gasteiger partial charge in [-0.25, -0.2) is 0 Å². The van der Waals surface area contributed by atoms with Gasteiger partial charge < -0.3 is 9.84 Å². The summed E-state index contributed by atoms with van der Waals surface area (Å²) >= 11 is 0. The molecule has 0 aromatic carbocycles. The van der Waals surface area contributed by atoms with E-state index in [-0.39, 0.29) is 12.7 Å². The van der Waals surface area contributed by atoms with Crippen LogP contribution in [0.3, 0.4) is 0 Å². The topological polar surface area (TPSA) is 29.5 Å². The van der Waals surface area contributed by atoms with Crippen LogP contribution in [0.5, 0.6) is 0 Å². The second-order valence-corrected chi connectivity index (χ2v) is 1.94. The quantitative estimate of drug-likeness (QED) is 0.562. The lowest BCUT2D eigenvalue weighted by atomic mass is 10.3. The van der Waals surface area contributed by atoms with E-state index in [1.807, 2.05) is 6.92 Å². The SMILES string of the molecule is C=CCOC(C)CCO. The number of hydrogen-bond acceptors (Lipinski definition) is 2. The molecular weight excluding hydrogens is 116 g/mol. The van der Waals surface area contributed by atoms with E-state index in [1.54, 1.807) is 6.08 Å². The molecule has 0 spiro atoms. The number of aliphatic hydroxyl groups is 1. The molecule has 0 aromatic heterocycles. The van der Waals surface area contributed by atoms with Crippen LogP contribution in [0, 0.1) is 0 Å². The van der Waals surface area contributed by atoms with Crippen molar-refractivity contribution in [2.45, 2.75) is 19.4 Å². The predicted octanol–water partition coefficient (Wildman–Crippen LogP) is 0.960. The molecule has 1 atom stereocenters. The summed E-state index contributed by atoms with van der Waals surface area (Å²) in [6, 6.07) is 0. The van der Waals surface area contributed by atoms with Crippen molar-refractivity contribution in [2.75, 3.05) is 13.2 Å². The summed E-state index contributed by atoms with van der Waals surface area (Å²) < 4.78 is 5.15. The van der Waals surface area contributed by atoms with Gasteiger partial charge >= 0.3 is 0 Å². The van der Waals surface area contributed by atoms with Crippen LogP contribution in [0.15, 0.2) is 12.7 Å². The fourth-order valence-electron chi connectivity index (χ4n) is 0.497. The van der Waals surface area contributed by atoms with Gasteiger partial charge in [-0.05, 0) is 13.3 Å². The Hall–Kier alpha value is -0.340. The lowest BCUT2D eigenvalue weighted by molar-refractivity contribution is 0.0671. The Kier molecular flexibility index (Phi) is 5.57. The van der Waals surface area contributed by atoms with E-state index < -0.39 is 0 Å². The second-order valence-electron chi connectivity index (χ2n) is 1.94. The Morgan fingerprint density at radius 3 is 2.89 bits per heavy atom. The molecule has 2 nitrogen and oxygen atoms in total. The summed E-state index contributed by atoms with van der Waals surface area (Å²) in [5.41, 5.74) is 0. The van der Waals surface area contributed by atoms with Gasteiger partial charge in [0.05, 0.1) is 12.7 Å². The predicted molar refractivity (Wildman–Crippen MR) is 37.3 cm³/mol. The summed E-state index contributed by atoms with van der Waals surface area (Å²) in [6.07, 6.45) is 2.55. The van der Waals surface area contributed by atoms with Gasteiger partial charge in [0.1, 0.15) is 0 Å². The second kappa shape index (κ2) is 5.79. The molecule has 0 saturated carbocycles. The molecule has 0 aliphatic rings. The summed E-state index contributed by atoms with van der Waals surface area (Å²) in [5.74, 6) is 0. The van der Waals surface area contributed by atoms with Crippen molar-refractivity contribution in [3.8, 4) is 0 Å². The Bertz CT molecular complexity index is 71.3. The molecule has 0 saturated heterocycles. The third kappa shape index (κ3) is 5.53. The largest absolute Gasteiger partial charge is 0.396 e. The van der Waals surface area contributed by atoms with Crippen molar-refractivity contribution < 1.29 is 9.84 Å². The number of aliphatic hydroxyl groups excluding tert-OH is 1. The Labute approximate surface area is 56.1 Å². The highest BCUT2D eigenvalue weighted by Gasteiger charge is 1.96. The van der Waals surface area contributed by atoms with E-state index in [0.29, 0.717) is 13.0 Å². The fourth-order valence-corrected chi connectivity index (χ4v) is 0.497. The van der Waals surface area contributed by atoms with Crippen LogP contribution < -0.4 is 0 Å². The first kappa shape index (κ1) is 8.66. The van der Waals surface area contributed by atoms with Crippen LogP contribution in [0.25, 0.3) is 0 Å². The molecule has 0 aliphatic carbocycles. The molecule has 2 heteroatoms. The van der Waals surface area contributed by atoms with Gasteiger partial charge in [-0.1, -0.05) is 6.08 Å². The number of ether oxygens (including phenoxy) is 1. The summed E-state index contributed by atoms with van der Waals surface area (Å²) in [5, 5.41) is 8.43. The maximum absolute atomic E-state index is 8.43. The lowest BCUT2D eigenvalue weighted by Gasteiger charge is -2.08. The van der Waals surface area contributed by atoms with Crippen LogP contribution >= 0.6 is 0 Å². The molecule has 0 amide bonds. The van der Waals surface area contributed by atoms with E-state index >= 15 is 0 Å². The molecule has 0 aliphatic heterocycles. The van der Waals surface area contributed by atoms with Crippen molar-refractivity contribution in [1.29, 1.82) is 0 Å². The highest BCUT2D eigenvalue weighted by molar-refractivity contribution is 4.65. The van der Waals surface area contributed by atoms with Crippen molar-refractivity contribution in [1.82, 2.24) is 0 Å². The molecule has 54 valence electrons. The van der Waals surface area contributed by atoms with Crippen molar-refractivity contribution in [3.05, 3.63) is 12.7 Å². The van der Waals surface area contributed by atoms with Gasteiger partial charge in [0.15, 0.2) is 0 Å². The third-order valence-electron chi connectivity index (χ3n) is 1.03. The van der Waals surface area contributed by atoms with Crippen molar-refractivity contribution in [2.24, 2.45) is 0 Å². The van der Waals surface area contributed by atoms with Gasteiger partial charge in [-0.2, -0.15) is 0 Å². The van der Waals surface area contributed by atoms with Gasteiger partial charge in [-0.15, -0.1) is 6.58 Å². The maximum atomic E-state index is 8.43. The molecule has 1 unspecified atom stereocenters. The first-order chi connectivity index (χ1) is 4.31. The highest BCUT2D eigenvalue weighted by Crippen LogP contribution is 1.94. The molecule has 1 N–H and O–H groups in total. The van der Waals surface area contributed by atoms with Crippen LogP contribution in [0.4, 0.5) is 0 Å². The average Bonchev–Trinajstić information content (AvgIpc) is 1.85. The van der Waals surface area contributed by atoms with Crippen molar-refractivity contribution in [3.63, 3.8) is 0 Å². The van der Waals surface area contributed by atoms with Crippen molar-refractivity contribution >= 4 is 0 Å². The number of rotatable bonds is 5. The van der Waals surface area contributed by atoms with E-state index in [1.165, 1.54) is 0 Å². The molecule has 0 bridgehead atoms. The standard InChI is InChI=1S/C7H14O2/c1-3-6-9-7(2)4-5-8/h3,7-8H,1,4-6H2,2H3. The van der Waals surface area contributed by atoms with Gasteiger partial charge in [0.2, 0.25) is 0 Å². The molecule has 0 radical (unpaired) electrons. The first-order valence-corrected chi connectivity index (χ1v) is 3.14. The van der Waals surface area contributed by atoms with Gasteiger partial charge in [0, 0.05) is 6.61 Å². The van der Waals surface area contributed by atoms with E-state index in [9.17, 15) is 0 Å². The van der Waals surface area contributed by atoms with Gasteiger partial charge in [-0.3, -0.25) is 0 Å². The zero-order valence-electron chi connectivity index (χ0n) is 5.84. The van der Waals surface area contributed by atoms with E-state index in [4.69, 9.17) is 9.84 Å². The maximum Gasteiger partial charge on any atom is 0.0648 e. The van der Waals surface area contributed by atoms with Crippen LogP contribution in [0.1, 0.15) is 13.3 Å². The lowest BCUT2D eigenvalue weighted by Crippen LogP contribution is -2.09. The Morgan fingerprint density at radius 1 is 1.78 bits per heavy atom. The first-order valence-electron chi connectivity index (χ1n) is 3.14. The number of hydrogen-bond donors (Lipinski definition) is 1. The Balaban J connectivity index is 3.04. The third-order valence-corrected chi connectivity index (χ3v) is 1.03. The summed E-state index contributed by atoms with van der Waals surface area (Å²) in [6.45, 7) is 6.20. The molecular formula is C7H14O2. The normalized spacial score (nSPS) is 13.1. The minimum Gasteiger partial charge on any atom is -0.396 e. The molecule has 0 aromatic rings. The zero-order chi connectivity index (χ0) is 7.11. The molecule has 9 heavy (non-hydrogen) atoms.